The summed E-state index contributed by atoms with van der Waals surface area (Å²) in [5, 5.41) is 0. The molecule has 2 unspecified atom stereocenters. The van der Waals surface area contributed by atoms with Gasteiger partial charge in [-0.15, -0.1) is 0 Å². The van der Waals surface area contributed by atoms with Crippen LogP contribution in [0.3, 0.4) is 0 Å². The summed E-state index contributed by atoms with van der Waals surface area (Å²) in [7, 11) is 3.21. The van der Waals surface area contributed by atoms with Crippen molar-refractivity contribution in [3.05, 3.63) is 96.1 Å². The van der Waals surface area contributed by atoms with Crippen LogP contribution < -0.4 is 39.9 Å². The van der Waals surface area contributed by atoms with Crippen molar-refractivity contribution in [3.8, 4) is 34.5 Å². The van der Waals surface area contributed by atoms with Crippen molar-refractivity contribution in [1.82, 2.24) is 9.80 Å². The molecule has 0 aromatic heterocycles. The number of anilines is 2. The van der Waals surface area contributed by atoms with Gasteiger partial charge in [-0.25, -0.2) is 9.59 Å². The molecule has 20 heteroatoms. The van der Waals surface area contributed by atoms with Gasteiger partial charge in [0.05, 0.1) is 51.9 Å². The Morgan fingerprint density at radius 3 is 1.15 bits per heavy atom. The highest BCUT2D eigenvalue weighted by Gasteiger charge is 2.37. The number of rotatable bonds is 24. The Kier molecular flexibility index (Phi) is 31.9. The van der Waals surface area contributed by atoms with Gasteiger partial charge < -0.3 is 59.2 Å². The van der Waals surface area contributed by atoms with E-state index < -0.39 is 23.1 Å². The highest BCUT2D eigenvalue weighted by Crippen LogP contribution is 2.38. The summed E-state index contributed by atoms with van der Waals surface area (Å²) in [6.07, 6.45) is 6.91. The standard InChI is InChI=1S/2C31H46N2O5.2O2S/c2*1-7-36-28-10-8-9-11-29(28)37-17-16-33(23(5)19-24-13-15-27(35-6)26(32)20-24)31(34)38-30-18-22(4)12-14-25(30)21(2)3;2*1-3-2/h2*8-11,13,15,20-23,25,30H,7,12,14,16-19,32H2,1-6H3;;/t22-,23+,25+,30?;22-,23-,25+,30?;;/m11../s1. The summed E-state index contributed by atoms with van der Waals surface area (Å²) in [4.78, 5) is 30.9. The van der Waals surface area contributed by atoms with Crippen LogP contribution in [0.1, 0.15) is 119 Å². The largest absolute Gasteiger partial charge is 0.495 e. The number of amides is 2. The molecule has 2 aliphatic carbocycles. The summed E-state index contributed by atoms with van der Waals surface area (Å²) in [6, 6.07) is 26.5. The second-order valence-electron chi connectivity index (χ2n) is 21.7. The molecule has 0 spiro atoms. The van der Waals surface area contributed by atoms with Crippen LogP contribution in [0.15, 0.2) is 84.9 Å². The third-order valence-corrected chi connectivity index (χ3v) is 15.1. The van der Waals surface area contributed by atoms with E-state index in [1.807, 2.05) is 113 Å². The van der Waals surface area contributed by atoms with E-state index in [2.05, 4.69) is 41.5 Å². The summed E-state index contributed by atoms with van der Waals surface area (Å²) in [5.74, 6) is 6.80. The Bertz CT molecular complexity index is 2420. The molecule has 2 saturated carbocycles. The zero-order valence-corrected chi connectivity index (χ0v) is 52.0. The Labute approximate surface area is 494 Å². The minimum Gasteiger partial charge on any atom is -0.495 e. The third kappa shape index (κ3) is 23.0. The Morgan fingerprint density at radius 1 is 0.524 bits per heavy atom. The Balaban J connectivity index is 0.000000392. The summed E-state index contributed by atoms with van der Waals surface area (Å²) in [6.45, 7) is 23.9. The maximum atomic E-state index is 13.7. The van der Waals surface area contributed by atoms with Crippen LogP contribution in [0, 0.1) is 35.5 Å². The van der Waals surface area contributed by atoms with Gasteiger partial charge in [-0.3, -0.25) is 0 Å². The van der Waals surface area contributed by atoms with Crippen LogP contribution in [0.25, 0.3) is 0 Å². The molecule has 0 radical (unpaired) electrons. The molecular formula is C62H92N4O14S2. The topological polar surface area (TPSA) is 235 Å². The van der Waals surface area contributed by atoms with Gasteiger partial charge in [0.15, 0.2) is 23.0 Å². The van der Waals surface area contributed by atoms with E-state index in [0.29, 0.717) is 134 Å². The molecular weight excluding hydrogens is 1090 g/mol. The van der Waals surface area contributed by atoms with Crippen molar-refractivity contribution in [3.63, 3.8) is 0 Å². The van der Waals surface area contributed by atoms with Crippen LogP contribution in [-0.2, 0) is 45.5 Å². The number of carbonyl (C=O) groups is 2. The molecule has 18 nitrogen and oxygen atoms in total. The first kappa shape index (κ1) is 69.7. The first-order chi connectivity index (χ1) is 39.3. The molecule has 0 aliphatic heterocycles. The predicted octanol–water partition coefficient (Wildman–Crippen LogP) is 11.8. The van der Waals surface area contributed by atoms with E-state index in [9.17, 15) is 9.59 Å². The maximum Gasteiger partial charge on any atom is 0.410 e. The molecule has 4 aromatic carbocycles. The van der Waals surface area contributed by atoms with E-state index in [1.165, 1.54) is 12.8 Å². The molecule has 0 saturated heterocycles. The zero-order valence-electron chi connectivity index (χ0n) is 50.3. The van der Waals surface area contributed by atoms with Crippen molar-refractivity contribution >= 4 is 46.7 Å². The van der Waals surface area contributed by atoms with E-state index in [-0.39, 0.29) is 36.5 Å². The van der Waals surface area contributed by atoms with Gasteiger partial charge in [0, 0.05) is 12.1 Å². The zero-order chi connectivity index (χ0) is 60.7. The fourth-order valence-corrected chi connectivity index (χ4v) is 10.8. The molecule has 2 fully saturated rings. The molecule has 0 bridgehead atoms. The fraction of sp³-hybridized carbons (Fsp3) is 0.581. The number of hydrogen-bond donors (Lipinski definition) is 2. The smallest absolute Gasteiger partial charge is 0.410 e. The van der Waals surface area contributed by atoms with E-state index >= 15 is 0 Å². The molecule has 4 aromatic rings. The number of nitrogens with two attached hydrogens (primary N) is 2. The van der Waals surface area contributed by atoms with E-state index in [1.54, 1.807) is 24.0 Å². The quantitative estimate of drug-likeness (QED) is 0.0621. The number of carbonyl (C=O) groups excluding carboxylic acids is 2. The normalized spacial score (nSPS) is 18.9. The van der Waals surface area contributed by atoms with Gasteiger partial charge in [0.2, 0.25) is 0 Å². The number of para-hydroxylation sites is 4. The molecule has 82 heavy (non-hydrogen) atoms. The second-order valence-corrected chi connectivity index (χ2v) is 22.0. The molecule has 0 heterocycles. The lowest BCUT2D eigenvalue weighted by Gasteiger charge is -2.38. The lowest BCUT2D eigenvalue weighted by atomic mass is 9.75. The summed E-state index contributed by atoms with van der Waals surface area (Å²) < 4.78 is 79.8. The van der Waals surface area contributed by atoms with Crippen molar-refractivity contribution in [2.45, 2.75) is 145 Å². The first-order valence-electron chi connectivity index (χ1n) is 28.6. The molecule has 6 rings (SSSR count). The highest BCUT2D eigenvalue weighted by molar-refractivity contribution is 7.51. The number of methoxy groups -OCH3 is 2. The third-order valence-electron chi connectivity index (χ3n) is 15.1. The van der Waals surface area contributed by atoms with E-state index in [0.717, 1.165) is 36.8 Å². The lowest BCUT2D eigenvalue weighted by molar-refractivity contribution is -0.0166. The highest BCUT2D eigenvalue weighted by atomic mass is 32.1. The number of nitrogens with zero attached hydrogens (tertiary/aromatic N) is 2. The number of benzene rings is 4. The van der Waals surface area contributed by atoms with Crippen molar-refractivity contribution in [2.24, 2.45) is 35.5 Å². The lowest BCUT2D eigenvalue weighted by Crippen LogP contribution is -2.46. The molecule has 4 N–H and O–H groups in total. The van der Waals surface area contributed by atoms with Gasteiger partial charge in [-0.1, -0.05) is 90.8 Å². The SMILES string of the molecule is CCOc1ccccc1OCCN(C(=O)OC1C[C@H](C)CC[C@H]1C(C)C)[C@@H](C)Cc1ccc(OC)c(N)c1.CCOc1ccccc1OCCN(C(=O)OC1C[C@H](C)CC[C@H]1C(C)C)[C@H](C)Cc1ccc(OC)c(N)c1.O=S=O.O=S=O. The minimum atomic E-state index is -0.750. The number of hydrogen-bond acceptors (Lipinski definition) is 16. The number of ether oxygens (including phenoxy) is 8. The van der Waals surface area contributed by atoms with Gasteiger partial charge >= 0.3 is 35.3 Å². The van der Waals surface area contributed by atoms with Crippen molar-refractivity contribution in [1.29, 1.82) is 0 Å². The van der Waals surface area contributed by atoms with E-state index in [4.69, 9.17) is 66.2 Å². The monoisotopic (exact) mass is 1180 g/mol. The first-order valence-corrected chi connectivity index (χ1v) is 29.9. The van der Waals surface area contributed by atoms with Crippen LogP contribution in [0.2, 0.25) is 0 Å². The Morgan fingerprint density at radius 2 is 0.854 bits per heavy atom. The summed E-state index contributed by atoms with van der Waals surface area (Å²) in [5.41, 5.74) is 15.5. The van der Waals surface area contributed by atoms with Gasteiger partial charge in [-0.05, 0) is 161 Å². The number of nitrogen functional groups attached to an aromatic ring is 2. The average molecular weight is 1180 g/mol. The van der Waals surface area contributed by atoms with Gasteiger partial charge in [0.25, 0.3) is 0 Å². The fourth-order valence-electron chi connectivity index (χ4n) is 10.8. The van der Waals surface area contributed by atoms with Crippen LogP contribution >= 0.6 is 0 Å². The van der Waals surface area contributed by atoms with Crippen molar-refractivity contribution in [2.75, 3.05) is 65.2 Å². The summed E-state index contributed by atoms with van der Waals surface area (Å²) >= 11 is -1.50. The molecule has 456 valence electrons. The molecule has 8 atom stereocenters. The molecule has 2 aliphatic rings. The van der Waals surface area contributed by atoms with Gasteiger partial charge in [-0.2, -0.15) is 16.8 Å². The maximum absolute atomic E-state index is 13.7. The van der Waals surface area contributed by atoms with Crippen LogP contribution in [0.4, 0.5) is 21.0 Å². The second kappa shape index (κ2) is 37.5. The Hall–Kier alpha value is -6.54. The van der Waals surface area contributed by atoms with Crippen LogP contribution in [-0.4, -0.2) is 117 Å². The van der Waals surface area contributed by atoms with Gasteiger partial charge in [0.1, 0.15) is 36.9 Å². The minimum absolute atomic E-state index is 0.0721. The average Bonchev–Trinajstić information content (AvgIpc) is 3.46. The van der Waals surface area contributed by atoms with Crippen molar-refractivity contribution < 1.29 is 64.3 Å². The molecule has 2 amide bonds. The van der Waals surface area contributed by atoms with Crippen LogP contribution in [0.5, 0.6) is 34.5 Å². The predicted molar refractivity (Wildman–Crippen MR) is 322 cm³/mol.